The van der Waals surface area contributed by atoms with Gasteiger partial charge < -0.3 is 4.90 Å². The minimum atomic E-state index is -0.0298. The van der Waals surface area contributed by atoms with Crippen molar-refractivity contribution in [1.82, 2.24) is 19.7 Å². The third kappa shape index (κ3) is 2.96. The molecule has 1 aliphatic carbocycles. The molecule has 2 heterocycles. The maximum Gasteiger partial charge on any atom is 0.293 e. The predicted molar refractivity (Wildman–Crippen MR) is 96.7 cm³/mol. The van der Waals surface area contributed by atoms with Crippen LogP contribution in [0.1, 0.15) is 56.2 Å². The van der Waals surface area contributed by atoms with E-state index in [1.54, 1.807) is 11.0 Å². The van der Waals surface area contributed by atoms with E-state index in [4.69, 9.17) is 0 Å². The number of likely N-dealkylation sites (tertiary alicyclic amines) is 1. The molecule has 2 fully saturated rings. The zero-order valence-electron chi connectivity index (χ0n) is 15.5. The Kier molecular flexibility index (Phi) is 3.53. The summed E-state index contributed by atoms with van der Waals surface area (Å²) in [6.07, 6.45) is 4.97. The molecule has 0 N–H and O–H groups in total. The van der Waals surface area contributed by atoms with E-state index in [9.17, 15) is 4.79 Å². The normalized spacial score (nSPS) is 27.5. The highest BCUT2D eigenvalue weighted by Crippen LogP contribution is 2.52. The van der Waals surface area contributed by atoms with Crippen molar-refractivity contribution in [3.8, 4) is 5.69 Å². The van der Waals surface area contributed by atoms with Crippen LogP contribution < -0.4 is 0 Å². The van der Waals surface area contributed by atoms with E-state index in [1.165, 1.54) is 6.42 Å². The predicted octanol–water partition coefficient (Wildman–Crippen LogP) is 3.62. The number of aryl methyl sites for hydroxylation is 1. The molecule has 132 valence electrons. The summed E-state index contributed by atoms with van der Waals surface area (Å²) in [5.74, 6) is 0.272. The fourth-order valence-electron chi connectivity index (χ4n) is 5.08. The average molecular weight is 338 g/mol. The van der Waals surface area contributed by atoms with Gasteiger partial charge in [-0.2, -0.15) is 0 Å². The van der Waals surface area contributed by atoms with Gasteiger partial charge in [-0.3, -0.25) is 4.79 Å². The van der Waals surface area contributed by atoms with Crippen molar-refractivity contribution in [2.24, 2.45) is 10.8 Å². The second-order valence-corrected chi connectivity index (χ2v) is 9.00. The fraction of sp³-hybridized carbons (Fsp3) is 0.550. The summed E-state index contributed by atoms with van der Waals surface area (Å²) in [6.45, 7) is 9.80. The summed E-state index contributed by atoms with van der Waals surface area (Å²) in [5.41, 5.74) is 2.60. The van der Waals surface area contributed by atoms with E-state index >= 15 is 0 Å². The summed E-state index contributed by atoms with van der Waals surface area (Å²) in [6, 6.07) is 8.35. The van der Waals surface area contributed by atoms with Crippen LogP contribution in [0.3, 0.4) is 0 Å². The van der Waals surface area contributed by atoms with Gasteiger partial charge in [0.25, 0.3) is 5.91 Å². The first kappa shape index (κ1) is 16.3. The quantitative estimate of drug-likeness (QED) is 0.840. The summed E-state index contributed by atoms with van der Waals surface area (Å²) < 4.78 is 1.69. The first-order chi connectivity index (χ1) is 11.7. The number of carbonyl (C=O) groups is 1. The zero-order chi connectivity index (χ0) is 17.8. The first-order valence-electron chi connectivity index (χ1n) is 9.05. The van der Waals surface area contributed by atoms with Crippen molar-refractivity contribution in [3.63, 3.8) is 0 Å². The lowest BCUT2D eigenvalue weighted by molar-refractivity contribution is 0.0696. The van der Waals surface area contributed by atoms with Crippen LogP contribution in [-0.4, -0.2) is 38.2 Å². The second-order valence-electron chi connectivity index (χ2n) is 9.00. The number of rotatable bonds is 2. The largest absolute Gasteiger partial charge is 0.332 e. The van der Waals surface area contributed by atoms with E-state index in [1.807, 2.05) is 36.1 Å². The third-order valence-corrected chi connectivity index (χ3v) is 5.62. The van der Waals surface area contributed by atoms with Crippen LogP contribution in [0.25, 0.3) is 5.69 Å². The van der Waals surface area contributed by atoms with Gasteiger partial charge in [0, 0.05) is 12.6 Å². The SMILES string of the molecule is Cc1cccc(-n2cnc(C(=O)N3CC4(C)CC3CC(C)(C)C4)n2)c1. The van der Waals surface area contributed by atoms with Gasteiger partial charge in [0.1, 0.15) is 6.33 Å². The third-order valence-electron chi connectivity index (χ3n) is 5.62. The molecule has 5 heteroatoms. The Morgan fingerprint density at radius 3 is 2.80 bits per heavy atom. The highest BCUT2D eigenvalue weighted by molar-refractivity contribution is 5.91. The maximum atomic E-state index is 13.0. The molecule has 25 heavy (non-hydrogen) atoms. The van der Waals surface area contributed by atoms with E-state index in [-0.39, 0.29) is 11.3 Å². The minimum Gasteiger partial charge on any atom is -0.332 e. The van der Waals surface area contributed by atoms with Crippen molar-refractivity contribution in [2.45, 2.75) is 53.0 Å². The number of carbonyl (C=O) groups excluding carboxylic acids is 1. The van der Waals surface area contributed by atoms with Crippen molar-refractivity contribution in [2.75, 3.05) is 6.54 Å². The van der Waals surface area contributed by atoms with Crippen LogP contribution in [0.4, 0.5) is 0 Å². The molecule has 2 aliphatic rings. The molecule has 0 spiro atoms. The molecule has 2 unspecified atom stereocenters. The van der Waals surface area contributed by atoms with Crippen molar-refractivity contribution in [1.29, 1.82) is 0 Å². The molecule has 1 aromatic heterocycles. The summed E-state index contributed by atoms with van der Waals surface area (Å²) >= 11 is 0. The lowest BCUT2D eigenvalue weighted by atomic mass is 9.65. The van der Waals surface area contributed by atoms with Crippen LogP contribution >= 0.6 is 0 Å². The number of fused-ring (bicyclic) bond motifs is 2. The summed E-state index contributed by atoms with van der Waals surface area (Å²) in [5, 5.41) is 4.45. The number of aromatic nitrogens is 3. The number of amides is 1. The van der Waals surface area contributed by atoms with Gasteiger partial charge in [0.05, 0.1) is 5.69 Å². The molecule has 0 radical (unpaired) electrons. The van der Waals surface area contributed by atoms with Gasteiger partial charge in [0.15, 0.2) is 0 Å². The van der Waals surface area contributed by atoms with E-state index in [0.29, 0.717) is 17.3 Å². The monoisotopic (exact) mass is 338 g/mol. The van der Waals surface area contributed by atoms with Crippen LogP contribution in [0.2, 0.25) is 0 Å². The molecule has 2 aromatic rings. The molecule has 5 nitrogen and oxygen atoms in total. The Bertz CT molecular complexity index is 825. The highest BCUT2D eigenvalue weighted by atomic mass is 16.2. The number of hydrogen-bond acceptors (Lipinski definition) is 3. The average Bonchev–Trinajstić information content (AvgIpc) is 3.08. The van der Waals surface area contributed by atoms with E-state index in [2.05, 4.69) is 30.9 Å². The topological polar surface area (TPSA) is 51.0 Å². The van der Waals surface area contributed by atoms with Gasteiger partial charge in [-0.25, -0.2) is 9.67 Å². The van der Waals surface area contributed by atoms with Crippen molar-refractivity contribution in [3.05, 3.63) is 42.0 Å². The van der Waals surface area contributed by atoms with Crippen LogP contribution in [0.15, 0.2) is 30.6 Å². The van der Waals surface area contributed by atoms with Gasteiger partial charge in [-0.15, -0.1) is 5.10 Å². The number of nitrogens with zero attached hydrogens (tertiary/aromatic N) is 4. The van der Waals surface area contributed by atoms with Gasteiger partial charge in [-0.1, -0.05) is 32.9 Å². The molecule has 2 bridgehead atoms. The summed E-state index contributed by atoms with van der Waals surface area (Å²) in [7, 11) is 0. The fourth-order valence-corrected chi connectivity index (χ4v) is 5.08. The molecular weight excluding hydrogens is 312 g/mol. The molecule has 1 aromatic carbocycles. The Morgan fingerprint density at radius 1 is 1.24 bits per heavy atom. The Morgan fingerprint density at radius 2 is 2.04 bits per heavy atom. The molecule has 1 aliphatic heterocycles. The van der Waals surface area contributed by atoms with Crippen LogP contribution in [-0.2, 0) is 0 Å². The Balaban J connectivity index is 1.58. The first-order valence-corrected chi connectivity index (χ1v) is 9.05. The molecule has 4 rings (SSSR count). The molecule has 1 amide bonds. The van der Waals surface area contributed by atoms with Crippen molar-refractivity contribution < 1.29 is 4.79 Å². The van der Waals surface area contributed by atoms with E-state index in [0.717, 1.165) is 30.6 Å². The Labute approximate surface area is 149 Å². The highest BCUT2D eigenvalue weighted by Gasteiger charge is 2.51. The molecular formula is C20H26N4O. The second kappa shape index (κ2) is 5.41. The van der Waals surface area contributed by atoms with Gasteiger partial charge in [-0.05, 0) is 54.7 Å². The van der Waals surface area contributed by atoms with Crippen molar-refractivity contribution >= 4 is 5.91 Å². The van der Waals surface area contributed by atoms with E-state index < -0.39 is 0 Å². The van der Waals surface area contributed by atoms with Gasteiger partial charge >= 0.3 is 0 Å². The lowest BCUT2D eigenvalue weighted by Crippen LogP contribution is -2.38. The summed E-state index contributed by atoms with van der Waals surface area (Å²) in [4.78, 5) is 19.4. The lowest BCUT2D eigenvalue weighted by Gasteiger charge is -2.39. The van der Waals surface area contributed by atoms with Crippen LogP contribution in [0.5, 0.6) is 0 Å². The molecule has 1 saturated heterocycles. The van der Waals surface area contributed by atoms with Gasteiger partial charge in [0.2, 0.25) is 5.82 Å². The number of hydrogen-bond donors (Lipinski definition) is 0. The smallest absolute Gasteiger partial charge is 0.293 e. The standard InChI is InChI=1S/C20H26N4O/c1-14-6-5-7-15(8-14)24-13-21-17(22-24)18(25)23-12-20(4)10-16(23)9-19(2,3)11-20/h5-8,13,16H,9-12H2,1-4H3. The Hall–Kier alpha value is -2.17. The van der Waals surface area contributed by atoms with Crippen LogP contribution in [0, 0.1) is 17.8 Å². The molecule has 1 saturated carbocycles. The number of benzene rings is 1. The maximum absolute atomic E-state index is 13.0. The zero-order valence-corrected chi connectivity index (χ0v) is 15.5. The minimum absolute atomic E-state index is 0.0298. The molecule has 2 atom stereocenters.